The van der Waals surface area contributed by atoms with Crippen LogP contribution in [0.1, 0.15) is 13.3 Å². The van der Waals surface area contributed by atoms with Crippen molar-refractivity contribution in [2.24, 2.45) is 5.73 Å². The van der Waals surface area contributed by atoms with E-state index in [0.717, 1.165) is 0 Å². The van der Waals surface area contributed by atoms with Crippen LogP contribution in [0.4, 0.5) is 0 Å². The molecular weight excluding hydrogens is 178 g/mol. The Bertz CT molecular complexity index is 239. The first-order valence-corrected chi connectivity index (χ1v) is 3.60. The summed E-state index contributed by atoms with van der Waals surface area (Å²) >= 11 is 0. The van der Waals surface area contributed by atoms with Crippen molar-refractivity contribution in [3.63, 3.8) is 0 Å². The predicted molar refractivity (Wildman–Crippen MR) is 41.9 cm³/mol. The van der Waals surface area contributed by atoms with Gasteiger partial charge in [-0.2, -0.15) is 0 Å². The summed E-state index contributed by atoms with van der Waals surface area (Å²) in [6.07, 6.45) is -2.24. The molecule has 0 aliphatic carbocycles. The van der Waals surface area contributed by atoms with Crippen LogP contribution in [-0.4, -0.2) is 39.9 Å². The minimum atomic E-state index is -2.52. The molecule has 0 heterocycles. The molecule has 0 aromatic rings. The molecule has 0 radical (unpaired) electrons. The van der Waals surface area contributed by atoms with Crippen molar-refractivity contribution in [2.75, 3.05) is 0 Å². The molecule has 2 unspecified atom stereocenters. The zero-order valence-corrected chi connectivity index (χ0v) is 7.06. The maximum Gasteiger partial charge on any atom is 0.334 e. The van der Waals surface area contributed by atoms with Crippen molar-refractivity contribution in [3.05, 3.63) is 0 Å². The number of aliphatic carboxylic acids is 1. The molecule has 0 aliphatic rings. The smallest absolute Gasteiger partial charge is 0.334 e. The average Bonchev–Trinajstić information content (AvgIpc) is 2.13. The summed E-state index contributed by atoms with van der Waals surface area (Å²) in [5.41, 5.74) is 2.60. The fourth-order valence-electron chi connectivity index (χ4n) is 0.811. The summed E-state index contributed by atoms with van der Waals surface area (Å²) < 4.78 is 0. The van der Waals surface area contributed by atoms with E-state index in [1.807, 2.05) is 0 Å². The predicted octanol–water partition coefficient (Wildman–Crippen LogP) is -1.69. The highest BCUT2D eigenvalue weighted by Gasteiger charge is 2.47. The normalized spacial score (nSPS) is 17.2. The third kappa shape index (κ3) is 1.90. The lowest BCUT2D eigenvalue weighted by Crippen LogP contribution is -2.63. The third-order valence-electron chi connectivity index (χ3n) is 1.73. The van der Waals surface area contributed by atoms with Gasteiger partial charge in [0.05, 0.1) is 0 Å². The van der Waals surface area contributed by atoms with Gasteiger partial charge >= 0.3 is 5.97 Å². The number of carbonyl (C=O) groups is 3. The lowest BCUT2D eigenvalue weighted by molar-refractivity contribution is -0.155. The van der Waals surface area contributed by atoms with Gasteiger partial charge in [0.1, 0.15) is 6.10 Å². The van der Waals surface area contributed by atoms with E-state index in [1.165, 1.54) is 6.92 Å². The number of hydrogen-bond acceptors (Lipinski definition) is 5. The van der Waals surface area contributed by atoms with E-state index in [2.05, 4.69) is 0 Å². The number of aliphatic hydroxyl groups excluding tert-OH is 1. The Morgan fingerprint density at radius 3 is 2.31 bits per heavy atom. The van der Waals surface area contributed by atoms with Crippen molar-refractivity contribution >= 4 is 18.0 Å². The monoisotopic (exact) mass is 189 g/mol. The number of aliphatic hydroxyl groups is 1. The average molecular weight is 189 g/mol. The minimum absolute atomic E-state index is 0.0678. The molecule has 6 nitrogen and oxygen atoms in total. The van der Waals surface area contributed by atoms with Gasteiger partial charge in [-0.3, -0.25) is 4.79 Å². The largest absolute Gasteiger partial charge is 0.479 e. The van der Waals surface area contributed by atoms with Gasteiger partial charge in [0, 0.05) is 6.42 Å². The highest BCUT2D eigenvalue weighted by atomic mass is 16.4. The van der Waals surface area contributed by atoms with Gasteiger partial charge in [0.2, 0.25) is 5.54 Å². The van der Waals surface area contributed by atoms with E-state index in [9.17, 15) is 14.4 Å². The van der Waals surface area contributed by atoms with Crippen molar-refractivity contribution in [1.82, 2.24) is 0 Å². The Labute approximate surface area is 74.3 Å². The lowest BCUT2D eigenvalue weighted by atomic mass is 9.88. The fourth-order valence-corrected chi connectivity index (χ4v) is 0.811. The van der Waals surface area contributed by atoms with Crippen molar-refractivity contribution in [2.45, 2.75) is 25.0 Å². The molecule has 0 aromatic carbocycles. The Morgan fingerprint density at radius 1 is 1.62 bits per heavy atom. The summed E-state index contributed by atoms with van der Waals surface area (Å²) in [5.74, 6) is -2.60. The van der Waals surface area contributed by atoms with Crippen LogP contribution in [0.25, 0.3) is 0 Å². The number of hydrogen-bond donors (Lipinski definition) is 3. The molecule has 0 amide bonds. The SMILES string of the molecule is CCC(=O)C(N)(C(=O)O)C(O)C=O. The van der Waals surface area contributed by atoms with Gasteiger partial charge in [0.15, 0.2) is 12.1 Å². The van der Waals surface area contributed by atoms with Crippen molar-refractivity contribution in [1.29, 1.82) is 0 Å². The van der Waals surface area contributed by atoms with Crippen molar-refractivity contribution in [3.8, 4) is 0 Å². The first-order chi connectivity index (χ1) is 5.91. The zero-order valence-electron chi connectivity index (χ0n) is 7.06. The molecule has 2 atom stereocenters. The van der Waals surface area contributed by atoms with Crippen LogP contribution in [0.3, 0.4) is 0 Å². The summed E-state index contributed by atoms with van der Waals surface area (Å²) in [7, 11) is 0. The van der Waals surface area contributed by atoms with E-state index in [0.29, 0.717) is 0 Å². The molecule has 0 saturated carbocycles. The van der Waals surface area contributed by atoms with E-state index in [1.54, 1.807) is 0 Å². The molecule has 0 bridgehead atoms. The second kappa shape index (κ2) is 4.11. The fraction of sp³-hybridized carbons (Fsp3) is 0.571. The van der Waals surface area contributed by atoms with E-state index < -0.39 is 23.4 Å². The van der Waals surface area contributed by atoms with Crippen LogP contribution in [-0.2, 0) is 14.4 Å². The first kappa shape index (κ1) is 11.7. The van der Waals surface area contributed by atoms with Crippen LogP contribution >= 0.6 is 0 Å². The topological polar surface area (TPSA) is 118 Å². The third-order valence-corrected chi connectivity index (χ3v) is 1.73. The summed E-state index contributed by atoms with van der Waals surface area (Å²) in [6, 6.07) is 0. The molecule has 0 aromatic heterocycles. The van der Waals surface area contributed by atoms with Gasteiger partial charge < -0.3 is 20.7 Å². The lowest BCUT2D eigenvalue weighted by Gasteiger charge is -2.24. The number of nitrogens with two attached hydrogens (primary N) is 1. The Kier molecular flexibility index (Phi) is 3.70. The first-order valence-electron chi connectivity index (χ1n) is 3.60. The maximum atomic E-state index is 11.1. The molecule has 0 fully saturated rings. The van der Waals surface area contributed by atoms with Crippen LogP contribution < -0.4 is 5.73 Å². The molecule has 0 saturated heterocycles. The highest BCUT2D eigenvalue weighted by Crippen LogP contribution is 2.10. The molecule has 6 heteroatoms. The number of carbonyl (C=O) groups excluding carboxylic acids is 2. The van der Waals surface area contributed by atoms with Gasteiger partial charge in [-0.1, -0.05) is 6.92 Å². The molecule has 0 rings (SSSR count). The van der Waals surface area contributed by atoms with Gasteiger partial charge in [0.25, 0.3) is 0 Å². The van der Waals surface area contributed by atoms with E-state index >= 15 is 0 Å². The summed E-state index contributed by atoms with van der Waals surface area (Å²) in [6.45, 7) is 1.39. The van der Waals surface area contributed by atoms with Crippen LogP contribution in [0.2, 0.25) is 0 Å². The maximum absolute atomic E-state index is 11.1. The van der Waals surface area contributed by atoms with Crippen LogP contribution in [0.5, 0.6) is 0 Å². The molecular formula is C7H11NO5. The summed E-state index contributed by atoms with van der Waals surface area (Å²) in [5, 5.41) is 17.5. The number of carboxylic acid groups (broad SMARTS) is 1. The number of carboxylic acids is 1. The highest BCUT2D eigenvalue weighted by molar-refractivity contribution is 6.10. The Hall–Kier alpha value is -1.27. The second-order valence-corrected chi connectivity index (χ2v) is 2.53. The molecule has 0 spiro atoms. The van der Waals surface area contributed by atoms with Crippen LogP contribution in [0.15, 0.2) is 0 Å². The minimum Gasteiger partial charge on any atom is -0.479 e. The van der Waals surface area contributed by atoms with Crippen LogP contribution in [0, 0.1) is 0 Å². The van der Waals surface area contributed by atoms with Crippen molar-refractivity contribution < 1.29 is 24.6 Å². The quantitative estimate of drug-likeness (QED) is 0.350. The zero-order chi connectivity index (χ0) is 10.6. The van der Waals surface area contributed by atoms with Gasteiger partial charge in [-0.15, -0.1) is 0 Å². The van der Waals surface area contributed by atoms with E-state index in [-0.39, 0.29) is 12.7 Å². The summed E-state index contributed by atoms with van der Waals surface area (Å²) in [4.78, 5) is 31.7. The number of ketones is 1. The molecule has 74 valence electrons. The standard InChI is InChI=1S/C7H11NO5/c1-2-4(10)7(8,6(12)13)5(11)3-9/h3,5,11H,2,8H2,1H3,(H,12,13). The second-order valence-electron chi connectivity index (χ2n) is 2.53. The molecule has 0 aliphatic heterocycles. The van der Waals surface area contributed by atoms with E-state index in [4.69, 9.17) is 15.9 Å². The number of aldehydes is 1. The molecule has 13 heavy (non-hydrogen) atoms. The Morgan fingerprint density at radius 2 is 2.08 bits per heavy atom. The van der Waals surface area contributed by atoms with Gasteiger partial charge in [-0.25, -0.2) is 4.79 Å². The molecule has 4 N–H and O–H groups in total. The number of rotatable bonds is 5. The number of Topliss-reactive ketones (excluding diaryl/α,β-unsaturated/α-hetero) is 1. The van der Waals surface area contributed by atoms with Gasteiger partial charge in [-0.05, 0) is 0 Å². The Balaban J connectivity index is 5.05.